The molecule has 0 aliphatic rings. The molecule has 4 heteroatoms. The van der Waals surface area contributed by atoms with Crippen LogP contribution in [0.1, 0.15) is 16.1 Å². The van der Waals surface area contributed by atoms with Crippen LogP contribution in [0.15, 0.2) is 42.6 Å². The average molecular weight is 266 g/mol. The summed E-state index contributed by atoms with van der Waals surface area (Å²) < 4.78 is 0. The SMILES string of the molecule is O=C(Cc1ccccn1)c1cc(Cl)ccc1Cl. The Bertz CT molecular complexity index is 540. The fourth-order valence-electron chi connectivity index (χ4n) is 1.47. The molecule has 2 aromatic rings. The third kappa shape index (κ3) is 3.05. The van der Waals surface area contributed by atoms with E-state index in [1.807, 2.05) is 6.07 Å². The number of carbonyl (C=O) groups is 1. The number of halogens is 2. The summed E-state index contributed by atoms with van der Waals surface area (Å²) in [6.07, 6.45) is 1.88. The van der Waals surface area contributed by atoms with Gasteiger partial charge in [-0.15, -0.1) is 0 Å². The van der Waals surface area contributed by atoms with Crippen molar-refractivity contribution in [3.05, 3.63) is 63.9 Å². The molecule has 0 N–H and O–H groups in total. The van der Waals surface area contributed by atoms with Gasteiger partial charge in [-0.1, -0.05) is 29.3 Å². The Morgan fingerprint density at radius 1 is 1.18 bits per heavy atom. The van der Waals surface area contributed by atoms with Crippen molar-refractivity contribution in [3.8, 4) is 0 Å². The Labute approximate surface area is 109 Å². The summed E-state index contributed by atoms with van der Waals surface area (Å²) >= 11 is 11.8. The molecule has 0 unspecified atom stereocenters. The van der Waals surface area contributed by atoms with E-state index in [0.717, 1.165) is 0 Å². The molecule has 1 aromatic heterocycles. The van der Waals surface area contributed by atoms with Crippen LogP contribution in [-0.2, 0) is 6.42 Å². The highest BCUT2D eigenvalue weighted by atomic mass is 35.5. The number of hydrogen-bond donors (Lipinski definition) is 0. The van der Waals surface area contributed by atoms with Crippen molar-refractivity contribution in [3.63, 3.8) is 0 Å². The van der Waals surface area contributed by atoms with Gasteiger partial charge in [-0.25, -0.2) is 0 Å². The zero-order chi connectivity index (χ0) is 12.3. The second kappa shape index (κ2) is 5.30. The number of carbonyl (C=O) groups excluding carboxylic acids is 1. The van der Waals surface area contributed by atoms with Crippen molar-refractivity contribution >= 4 is 29.0 Å². The Morgan fingerprint density at radius 3 is 2.71 bits per heavy atom. The molecule has 1 heterocycles. The normalized spacial score (nSPS) is 10.2. The number of hydrogen-bond acceptors (Lipinski definition) is 2. The van der Waals surface area contributed by atoms with Crippen LogP contribution in [0.4, 0.5) is 0 Å². The standard InChI is InChI=1S/C13H9Cl2NO/c14-9-4-5-12(15)11(7-9)13(17)8-10-3-1-2-6-16-10/h1-7H,8H2. The van der Waals surface area contributed by atoms with Gasteiger partial charge in [0.1, 0.15) is 0 Å². The fraction of sp³-hybridized carbons (Fsp3) is 0.0769. The molecular weight excluding hydrogens is 257 g/mol. The summed E-state index contributed by atoms with van der Waals surface area (Å²) in [6.45, 7) is 0. The Hall–Kier alpha value is -1.38. The van der Waals surface area contributed by atoms with Gasteiger partial charge in [0.05, 0.1) is 11.4 Å². The van der Waals surface area contributed by atoms with Crippen molar-refractivity contribution in [2.45, 2.75) is 6.42 Å². The van der Waals surface area contributed by atoms with E-state index in [-0.39, 0.29) is 12.2 Å². The molecule has 0 amide bonds. The Morgan fingerprint density at radius 2 is 2.00 bits per heavy atom. The van der Waals surface area contributed by atoms with Gasteiger partial charge < -0.3 is 0 Å². The van der Waals surface area contributed by atoms with E-state index in [4.69, 9.17) is 23.2 Å². The van der Waals surface area contributed by atoms with Crippen LogP contribution in [0.25, 0.3) is 0 Å². The molecule has 0 bridgehead atoms. The van der Waals surface area contributed by atoms with E-state index in [1.54, 1.807) is 36.5 Å². The highest BCUT2D eigenvalue weighted by Crippen LogP contribution is 2.21. The number of ketones is 1. The lowest BCUT2D eigenvalue weighted by Gasteiger charge is -2.03. The molecule has 0 spiro atoms. The van der Waals surface area contributed by atoms with Crippen molar-refractivity contribution in [1.82, 2.24) is 4.98 Å². The maximum atomic E-state index is 12.0. The number of pyridine rings is 1. The van der Waals surface area contributed by atoms with E-state index in [1.165, 1.54) is 0 Å². The Kier molecular flexibility index (Phi) is 3.77. The summed E-state index contributed by atoms with van der Waals surface area (Å²) in [5.41, 5.74) is 1.15. The molecular formula is C13H9Cl2NO. The first-order valence-corrected chi connectivity index (χ1v) is 5.80. The molecule has 0 aliphatic heterocycles. The first-order chi connectivity index (χ1) is 8.16. The van der Waals surface area contributed by atoms with Gasteiger partial charge in [0.2, 0.25) is 0 Å². The van der Waals surface area contributed by atoms with E-state index >= 15 is 0 Å². The molecule has 2 nitrogen and oxygen atoms in total. The quantitative estimate of drug-likeness (QED) is 0.790. The largest absolute Gasteiger partial charge is 0.294 e. The number of aromatic nitrogens is 1. The maximum Gasteiger partial charge on any atom is 0.170 e. The number of Topliss-reactive ketones (excluding diaryl/α,β-unsaturated/α-hetero) is 1. The second-order valence-corrected chi connectivity index (χ2v) is 4.39. The summed E-state index contributed by atoms with van der Waals surface area (Å²) in [6, 6.07) is 10.3. The van der Waals surface area contributed by atoms with E-state index in [2.05, 4.69) is 4.98 Å². The number of nitrogens with zero attached hydrogens (tertiary/aromatic N) is 1. The molecule has 0 radical (unpaired) electrons. The first kappa shape index (κ1) is 12.1. The smallest absolute Gasteiger partial charge is 0.170 e. The van der Waals surface area contributed by atoms with Gasteiger partial charge in [-0.2, -0.15) is 0 Å². The molecule has 86 valence electrons. The van der Waals surface area contributed by atoms with Crippen LogP contribution >= 0.6 is 23.2 Å². The molecule has 0 saturated carbocycles. The van der Waals surface area contributed by atoms with Crippen LogP contribution in [0.2, 0.25) is 10.0 Å². The number of rotatable bonds is 3. The maximum absolute atomic E-state index is 12.0. The third-order valence-electron chi connectivity index (χ3n) is 2.30. The summed E-state index contributed by atoms with van der Waals surface area (Å²) in [5.74, 6) is -0.0869. The molecule has 0 fully saturated rings. The van der Waals surface area contributed by atoms with Crippen molar-refractivity contribution < 1.29 is 4.79 Å². The summed E-state index contributed by atoms with van der Waals surface area (Å²) in [5, 5.41) is 0.911. The minimum Gasteiger partial charge on any atom is -0.294 e. The van der Waals surface area contributed by atoms with Crippen molar-refractivity contribution in [2.75, 3.05) is 0 Å². The predicted octanol–water partition coefficient (Wildman–Crippen LogP) is 3.81. The molecule has 0 saturated heterocycles. The minimum absolute atomic E-state index is 0.0869. The first-order valence-electron chi connectivity index (χ1n) is 5.05. The molecule has 17 heavy (non-hydrogen) atoms. The van der Waals surface area contributed by atoms with Crippen LogP contribution < -0.4 is 0 Å². The van der Waals surface area contributed by atoms with Crippen LogP contribution in [0, 0.1) is 0 Å². The number of benzene rings is 1. The highest BCUT2D eigenvalue weighted by molar-refractivity contribution is 6.35. The lowest BCUT2D eigenvalue weighted by atomic mass is 10.1. The lowest BCUT2D eigenvalue weighted by molar-refractivity contribution is 0.0992. The van der Waals surface area contributed by atoms with Crippen molar-refractivity contribution in [1.29, 1.82) is 0 Å². The van der Waals surface area contributed by atoms with Gasteiger partial charge in [-0.3, -0.25) is 9.78 Å². The van der Waals surface area contributed by atoms with E-state index in [0.29, 0.717) is 21.3 Å². The highest BCUT2D eigenvalue weighted by Gasteiger charge is 2.12. The Balaban J connectivity index is 2.23. The third-order valence-corrected chi connectivity index (χ3v) is 2.86. The lowest BCUT2D eigenvalue weighted by Crippen LogP contribution is -2.05. The predicted molar refractivity (Wildman–Crippen MR) is 68.7 cm³/mol. The fourth-order valence-corrected chi connectivity index (χ4v) is 1.87. The van der Waals surface area contributed by atoms with Gasteiger partial charge in [0.15, 0.2) is 5.78 Å². The zero-order valence-electron chi connectivity index (χ0n) is 8.86. The van der Waals surface area contributed by atoms with Crippen molar-refractivity contribution in [2.24, 2.45) is 0 Å². The van der Waals surface area contributed by atoms with Gasteiger partial charge in [-0.05, 0) is 30.3 Å². The minimum atomic E-state index is -0.0869. The molecule has 0 atom stereocenters. The van der Waals surface area contributed by atoms with Gasteiger partial charge in [0.25, 0.3) is 0 Å². The van der Waals surface area contributed by atoms with E-state index < -0.39 is 0 Å². The molecule has 1 aromatic carbocycles. The monoisotopic (exact) mass is 265 g/mol. The van der Waals surface area contributed by atoms with Gasteiger partial charge >= 0.3 is 0 Å². The molecule has 2 rings (SSSR count). The molecule has 0 aliphatic carbocycles. The van der Waals surface area contributed by atoms with Crippen LogP contribution in [0.3, 0.4) is 0 Å². The summed E-state index contributed by atoms with van der Waals surface area (Å²) in [7, 11) is 0. The topological polar surface area (TPSA) is 30.0 Å². The van der Waals surface area contributed by atoms with Crippen LogP contribution in [-0.4, -0.2) is 10.8 Å². The zero-order valence-corrected chi connectivity index (χ0v) is 10.4. The van der Waals surface area contributed by atoms with E-state index in [9.17, 15) is 4.79 Å². The van der Waals surface area contributed by atoms with Crippen LogP contribution in [0.5, 0.6) is 0 Å². The average Bonchev–Trinajstić information content (AvgIpc) is 2.33. The van der Waals surface area contributed by atoms with Gasteiger partial charge in [0, 0.05) is 22.5 Å². The summed E-state index contributed by atoms with van der Waals surface area (Å²) in [4.78, 5) is 16.1. The second-order valence-electron chi connectivity index (χ2n) is 3.55.